The van der Waals surface area contributed by atoms with E-state index in [2.05, 4.69) is 5.32 Å². The second-order valence-electron chi connectivity index (χ2n) is 6.50. The molecule has 8 nitrogen and oxygen atoms in total. The highest BCUT2D eigenvalue weighted by atomic mass is 16.7. The lowest BCUT2D eigenvalue weighted by molar-refractivity contribution is -0.122. The summed E-state index contributed by atoms with van der Waals surface area (Å²) in [7, 11) is 3.08. The zero-order valence-corrected chi connectivity index (χ0v) is 15.6. The fraction of sp³-hybridized carbons (Fsp3) is 0.300. The molecule has 2 aliphatic heterocycles. The average Bonchev–Trinajstić information content (AvgIpc) is 3.34. The number of methoxy groups -OCH3 is 2. The molecule has 0 aliphatic carbocycles. The molecule has 0 aromatic heterocycles. The van der Waals surface area contributed by atoms with Gasteiger partial charge in [-0.2, -0.15) is 0 Å². The molecule has 146 valence electrons. The molecule has 2 heterocycles. The maximum absolute atomic E-state index is 12.7. The van der Waals surface area contributed by atoms with Gasteiger partial charge in [-0.25, -0.2) is 0 Å². The first-order chi connectivity index (χ1) is 13.6. The molecule has 4 rings (SSSR count). The number of nitrogens with zero attached hydrogens (tertiary/aromatic N) is 1. The van der Waals surface area contributed by atoms with E-state index < -0.39 is 5.92 Å². The molecule has 2 aromatic rings. The van der Waals surface area contributed by atoms with Crippen molar-refractivity contribution in [3.63, 3.8) is 0 Å². The normalized spacial score (nSPS) is 17.6. The van der Waals surface area contributed by atoms with E-state index >= 15 is 0 Å². The van der Waals surface area contributed by atoms with Crippen LogP contribution in [0.25, 0.3) is 0 Å². The molecule has 1 N–H and O–H groups in total. The number of rotatable bonds is 5. The lowest BCUT2D eigenvalue weighted by Gasteiger charge is -2.17. The zero-order valence-electron chi connectivity index (χ0n) is 15.6. The molecule has 0 radical (unpaired) electrons. The van der Waals surface area contributed by atoms with Crippen LogP contribution in [0.3, 0.4) is 0 Å². The number of ether oxygens (including phenoxy) is 4. The van der Waals surface area contributed by atoms with Crippen molar-refractivity contribution in [3.8, 4) is 23.0 Å². The van der Waals surface area contributed by atoms with Gasteiger partial charge < -0.3 is 29.2 Å². The molecular formula is C20H20N2O6. The van der Waals surface area contributed by atoms with Gasteiger partial charge in [-0.3, -0.25) is 9.59 Å². The number of hydrogen-bond donors (Lipinski definition) is 1. The topological polar surface area (TPSA) is 86.3 Å². The highest BCUT2D eigenvalue weighted by Gasteiger charge is 2.36. The summed E-state index contributed by atoms with van der Waals surface area (Å²) in [4.78, 5) is 26.8. The molecule has 1 unspecified atom stereocenters. The van der Waals surface area contributed by atoms with E-state index in [4.69, 9.17) is 18.9 Å². The fourth-order valence-electron chi connectivity index (χ4n) is 3.32. The van der Waals surface area contributed by atoms with Gasteiger partial charge in [0, 0.05) is 30.8 Å². The largest absolute Gasteiger partial charge is 0.497 e. The smallest absolute Gasteiger partial charge is 0.231 e. The van der Waals surface area contributed by atoms with Gasteiger partial charge in [-0.15, -0.1) is 0 Å². The minimum atomic E-state index is -0.468. The van der Waals surface area contributed by atoms with Gasteiger partial charge in [-0.1, -0.05) is 0 Å². The second-order valence-corrected chi connectivity index (χ2v) is 6.50. The van der Waals surface area contributed by atoms with Crippen molar-refractivity contribution in [2.75, 3.05) is 37.8 Å². The molecule has 1 fully saturated rings. The summed E-state index contributed by atoms with van der Waals surface area (Å²) in [5, 5.41) is 2.85. The zero-order chi connectivity index (χ0) is 19.7. The Bertz CT molecular complexity index is 929. The summed E-state index contributed by atoms with van der Waals surface area (Å²) in [5.41, 5.74) is 1.22. The van der Waals surface area contributed by atoms with Gasteiger partial charge in [0.1, 0.15) is 11.5 Å². The predicted octanol–water partition coefficient (Wildman–Crippen LogP) is 2.42. The highest BCUT2D eigenvalue weighted by molar-refractivity contribution is 6.04. The Hall–Kier alpha value is -3.42. The van der Waals surface area contributed by atoms with E-state index in [9.17, 15) is 9.59 Å². The van der Waals surface area contributed by atoms with E-state index in [1.54, 1.807) is 48.4 Å². The van der Waals surface area contributed by atoms with Crippen LogP contribution in [-0.4, -0.2) is 39.4 Å². The molecule has 8 heteroatoms. The van der Waals surface area contributed by atoms with Gasteiger partial charge in [-0.05, 0) is 24.3 Å². The summed E-state index contributed by atoms with van der Waals surface area (Å²) in [6.45, 7) is 0.463. The Kier molecular flexibility index (Phi) is 4.68. The summed E-state index contributed by atoms with van der Waals surface area (Å²) in [6.07, 6.45) is 0.138. The minimum absolute atomic E-state index is 0.110. The fourth-order valence-corrected chi connectivity index (χ4v) is 3.32. The van der Waals surface area contributed by atoms with Crippen LogP contribution in [0.4, 0.5) is 11.4 Å². The third kappa shape index (κ3) is 3.28. The maximum atomic E-state index is 12.7. The Labute approximate surface area is 161 Å². The van der Waals surface area contributed by atoms with Crippen molar-refractivity contribution in [2.45, 2.75) is 6.42 Å². The minimum Gasteiger partial charge on any atom is -0.497 e. The SMILES string of the molecule is COc1ccc(NC(=O)C2CC(=O)N(c3ccc4c(c3)OCO4)C2)c(OC)c1. The standard InChI is InChI=1S/C20H20N2O6/c1-25-14-4-5-15(17(9-14)26-2)21-20(24)12-7-19(23)22(10-12)13-3-6-16-18(8-13)28-11-27-16/h3-6,8-9,12H,7,10-11H2,1-2H3,(H,21,24). The number of anilines is 2. The lowest BCUT2D eigenvalue weighted by atomic mass is 10.1. The molecule has 0 saturated carbocycles. The predicted molar refractivity (Wildman–Crippen MR) is 101 cm³/mol. The average molecular weight is 384 g/mol. The van der Waals surface area contributed by atoms with Crippen LogP contribution in [0.1, 0.15) is 6.42 Å². The summed E-state index contributed by atoms with van der Waals surface area (Å²) in [5.74, 6) is 1.55. The summed E-state index contributed by atoms with van der Waals surface area (Å²) in [6, 6.07) is 10.4. The third-order valence-corrected chi connectivity index (χ3v) is 4.83. The van der Waals surface area contributed by atoms with Gasteiger partial charge in [0.2, 0.25) is 18.6 Å². The number of carbonyl (C=O) groups excluding carboxylic acids is 2. The van der Waals surface area contributed by atoms with Crippen LogP contribution < -0.4 is 29.2 Å². The van der Waals surface area contributed by atoms with Crippen molar-refractivity contribution in [2.24, 2.45) is 5.92 Å². The number of benzene rings is 2. The molecule has 1 saturated heterocycles. The number of carbonyl (C=O) groups is 2. The van der Waals surface area contributed by atoms with Crippen molar-refractivity contribution < 1.29 is 28.5 Å². The molecule has 2 amide bonds. The van der Waals surface area contributed by atoms with E-state index in [1.165, 1.54) is 7.11 Å². The van der Waals surface area contributed by atoms with E-state index in [1.807, 2.05) is 0 Å². The Morgan fingerprint density at radius 2 is 1.93 bits per heavy atom. The van der Waals surface area contributed by atoms with Gasteiger partial charge in [0.25, 0.3) is 0 Å². The Morgan fingerprint density at radius 3 is 2.71 bits per heavy atom. The number of nitrogens with one attached hydrogen (secondary N) is 1. The van der Waals surface area contributed by atoms with Crippen LogP contribution in [0.2, 0.25) is 0 Å². The second kappa shape index (κ2) is 7.30. The number of fused-ring (bicyclic) bond motifs is 1. The maximum Gasteiger partial charge on any atom is 0.231 e. The van der Waals surface area contributed by atoms with Crippen LogP contribution in [0, 0.1) is 5.92 Å². The third-order valence-electron chi connectivity index (χ3n) is 4.83. The van der Waals surface area contributed by atoms with Gasteiger partial charge in [0.05, 0.1) is 25.8 Å². The molecule has 2 aliphatic rings. The Morgan fingerprint density at radius 1 is 1.11 bits per heavy atom. The van der Waals surface area contributed by atoms with Gasteiger partial charge >= 0.3 is 0 Å². The highest BCUT2D eigenvalue weighted by Crippen LogP contribution is 2.37. The van der Waals surface area contributed by atoms with E-state index in [0.29, 0.717) is 40.9 Å². The van der Waals surface area contributed by atoms with Crippen LogP contribution >= 0.6 is 0 Å². The van der Waals surface area contributed by atoms with Crippen molar-refractivity contribution >= 4 is 23.2 Å². The molecule has 28 heavy (non-hydrogen) atoms. The summed E-state index contributed by atoms with van der Waals surface area (Å²) >= 11 is 0. The first-order valence-corrected chi connectivity index (χ1v) is 8.82. The molecule has 0 spiro atoms. The molecule has 2 aromatic carbocycles. The van der Waals surface area contributed by atoms with E-state index in [-0.39, 0.29) is 25.0 Å². The van der Waals surface area contributed by atoms with Crippen LogP contribution in [-0.2, 0) is 9.59 Å². The number of amides is 2. The first-order valence-electron chi connectivity index (χ1n) is 8.82. The van der Waals surface area contributed by atoms with Crippen molar-refractivity contribution in [1.82, 2.24) is 0 Å². The summed E-state index contributed by atoms with van der Waals surface area (Å²) < 4.78 is 21.1. The quantitative estimate of drug-likeness (QED) is 0.852. The van der Waals surface area contributed by atoms with Crippen molar-refractivity contribution in [3.05, 3.63) is 36.4 Å². The van der Waals surface area contributed by atoms with Gasteiger partial charge in [0.15, 0.2) is 11.5 Å². The monoisotopic (exact) mass is 384 g/mol. The molecule has 1 atom stereocenters. The number of hydrogen-bond acceptors (Lipinski definition) is 6. The van der Waals surface area contributed by atoms with Crippen LogP contribution in [0.15, 0.2) is 36.4 Å². The Balaban J connectivity index is 1.47. The molecular weight excluding hydrogens is 364 g/mol. The van der Waals surface area contributed by atoms with Crippen molar-refractivity contribution in [1.29, 1.82) is 0 Å². The van der Waals surface area contributed by atoms with E-state index in [0.717, 1.165) is 0 Å². The van der Waals surface area contributed by atoms with Crippen LogP contribution in [0.5, 0.6) is 23.0 Å². The molecule has 0 bridgehead atoms. The first kappa shape index (κ1) is 18.0. The lowest BCUT2D eigenvalue weighted by Crippen LogP contribution is -2.28.